The maximum absolute atomic E-state index is 12.9. The summed E-state index contributed by atoms with van der Waals surface area (Å²) in [6, 6.07) is 3.38. The second kappa shape index (κ2) is 6.04. The lowest BCUT2D eigenvalue weighted by Gasteiger charge is -2.12. The van der Waals surface area contributed by atoms with E-state index in [1.54, 1.807) is 18.5 Å². The number of ether oxygens (including phenoxy) is 1. The molecule has 0 unspecified atom stereocenters. The van der Waals surface area contributed by atoms with Gasteiger partial charge >= 0.3 is 6.18 Å². The molecule has 118 valence electrons. The number of aromatic nitrogens is 1. The van der Waals surface area contributed by atoms with Crippen LogP contribution in [-0.4, -0.2) is 11.2 Å². The van der Waals surface area contributed by atoms with E-state index in [1.165, 1.54) is 18.5 Å². The highest BCUT2D eigenvalue weighted by atomic mass is 35.5. The summed E-state index contributed by atoms with van der Waals surface area (Å²) in [5.74, 6) is 0.0889. The summed E-state index contributed by atoms with van der Waals surface area (Å²) in [5.41, 5.74) is -1.18. The van der Waals surface area contributed by atoms with Crippen molar-refractivity contribution in [2.24, 2.45) is 7.05 Å². The fraction of sp³-hybridized carbons (Fsp3) is 0.267. The van der Waals surface area contributed by atoms with E-state index in [0.717, 1.165) is 12.1 Å². The van der Waals surface area contributed by atoms with Crippen molar-refractivity contribution in [3.05, 3.63) is 51.4 Å². The number of pyridine rings is 1. The SMILES string of the molecule is CCOc1cn(C)cc(-c2ccc(Cl)c(C(F)(F)F)c2)c1=O. The molecule has 0 atom stereocenters. The molecule has 1 aromatic heterocycles. The second-order valence-corrected chi connectivity index (χ2v) is 5.06. The standard InChI is InChI=1S/C15H13ClF3NO2/c1-3-22-13-8-20(2)7-10(14(13)21)9-4-5-12(16)11(6-9)15(17,18)19/h4-8H,3H2,1-2H3. The third-order valence-electron chi connectivity index (χ3n) is 3.00. The van der Waals surface area contributed by atoms with Crippen LogP contribution < -0.4 is 10.2 Å². The molecule has 0 spiro atoms. The highest BCUT2D eigenvalue weighted by Crippen LogP contribution is 2.36. The first-order valence-electron chi connectivity index (χ1n) is 6.44. The molecule has 7 heteroatoms. The molecule has 0 fully saturated rings. The van der Waals surface area contributed by atoms with Crippen molar-refractivity contribution in [2.45, 2.75) is 13.1 Å². The molecule has 22 heavy (non-hydrogen) atoms. The van der Waals surface area contributed by atoms with Gasteiger partial charge in [-0.15, -0.1) is 0 Å². The zero-order valence-corrected chi connectivity index (χ0v) is 12.6. The summed E-state index contributed by atoms with van der Waals surface area (Å²) in [7, 11) is 1.66. The van der Waals surface area contributed by atoms with Gasteiger partial charge in [0, 0.05) is 25.0 Å². The molecule has 3 nitrogen and oxygen atoms in total. The average Bonchev–Trinajstić information content (AvgIpc) is 2.42. The predicted octanol–water partition coefficient (Wildman–Crippen LogP) is 4.12. The molecule has 0 aliphatic rings. The van der Waals surface area contributed by atoms with Crippen LogP contribution in [0.3, 0.4) is 0 Å². The van der Waals surface area contributed by atoms with Crippen LogP contribution in [-0.2, 0) is 13.2 Å². The van der Waals surface area contributed by atoms with E-state index in [4.69, 9.17) is 16.3 Å². The van der Waals surface area contributed by atoms with E-state index < -0.39 is 22.2 Å². The quantitative estimate of drug-likeness (QED) is 0.847. The van der Waals surface area contributed by atoms with Crippen LogP contribution >= 0.6 is 11.6 Å². The molecule has 0 N–H and O–H groups in total. The van der Waals surface area contributed by atoms with E-state index in [9.17, 15) is 18.0 Å². The summed E-state index contributed by atoms with van der Waals surface area (Å²) < 4.78 is 45.6. The lowest BCUT2D eigenvalue weighted by atomic mass is 10.0. The van der Waals surface area contributed by atoms with Gasteiger partial charge < -0.3 is 9.30 Å². The molecule has 2 rings (SSSR count). The first-order valence-corrected chi connectivity index (χ1v) is 6.82. The molecule has 0 radical (unpaired) electrons. The van der Waals surface area contributed by atoms with Crippen molar-refractivity contribution in [2.75, 3.05) is 6.61 Å². The van der Waals surface area contributed by atoms with Gasteiger partial charge in [-0.05, 0) is 24.6 Å². The van der Waals surface area contributed by atoms with Gasteiger partial charge in [0.1, 0.15) is 0 Å². The molecule has 0 saturated heterocycles. The minimum atomic E-state index is -4.59. The number of hydrogen-bond acceptors (Lipinski definition) is 2. The first-order chi connectivity index (χ1) is 10.2. The second-order valence-electron chi connectivity index (χ2n) is 4.66. The monoisotopic (exact) mass is 331 g/mol. The zero-order chi connectivity index (χ0) is 16.5. The van der Waals surface area contributed by atoms with Crippen molar-refractivity contribution < 1.29 is 17.9 Å². The Morgan fingerprint density at radius 1 is 1.27 bits per heavy atom. The molecule has 2 aromatic rings. The third kappa shape index (κ3) is 3.27. The zero-order valence-electron chi connectivity index (χ0n) is 11.9. The Kier molecular flexibility index (Phi) is 4.51. The van der Waals surface area contributed by atoms with Gasteiger partial charge in [-0.1, -0.05) is 17.7 Å². The maximum Gasteiger partial charge on any atom is 0.417 e. The predicted molar refractivity (Wildman–Crippen MR) is 78.3 cm³/mol. The Morgan fingerprint density at radius 3 is 2.55 bits per heavy atom. The normalized spacial score (nSPS) is 11.5. The Morgan fingerprint density at radius 2 is 1.95 bits per heavy atom. The smallest absolute Gasteiger partial charge is 0.417 e. The number of hydrogen-bond donors (Lipinski definition) is 0. The minimum Gasteiger partial charge on any atom is -0.488 e. The highest BCUT2D eigenvalue weighted by Gasteiger charge is 2.33. The van der Waals surface area contributed by atoms with Crippen molar-refractivity contribution >= 4 is 11.6 Å². The number of rotatable bonds is 3. The molecule has 1 heterocycles. The summed E-state index contributed by atoms with van der Waals surface area (Å²) in [5, 5.41) is -0.408. The van der Waals surface area contributed by atoms with Gasteiger partial charge in [0.25, 0.3) is 0 Å². The van der Waals surface area contributed by atoms with E-state index in [-0.39, 0.29) is 23.5 Å². The Balaban J connectivity index is 2.65. The molecule has 0 aliphatic carbocycles. The van der Waals surface area contributed by atoms with Crippen molar-refractivity contribution in [3.63, 3.8) is 0 Å². The fourth-order valence-corrected chi connectivity index (χ4v) is 2.27. The lowest BCUT2D eigenvalue weighted by Crippen LogP contribution is -2.13. The number of halogens is 4. The maximum atomic E-state index is 12.9. The van der Waals surface area contributed by atoms with Crippen molar-refractivity contribution in [1.82, 2.24) is 4.57 Å². The summed E-state index contributed by atoms with van der Waals surface area (Å²) in [4.78, 5) is 12.3. The van der Waals surface area contributed by atoms with Crippen molar-refractivity contribution in [3.8, 4) is 16.9 Å². The van der Waals surface area contributed by atoms with E-state index in [1.807, 2.05) is 0 Å². The van der Waals surface area contributed by atoms with Gasteiger partial charge in [0.05, 0.1) is 17.2 Å². The van der Waals surface area contributed by atoms with Crippen LogP contribution in [0.15, 0.2) is 35.4 Å². The largest absolute Gasteiger partial charge is 0.488 e. The van der Waals surface area contributed by atoms with Gasteiger partial charge in [0.15, 0.2) is 5.75 Å². The minimum absolute atomic E-state index is 0.0889. The Labute approximate surface area is 129 Å². The number of aryl methyl sites for hydroxylation is 1. The molecule has 0 saturated carbocycles. The fourth-order valence-electron chi connectivity index (χ4n) is 2.05. The average molecular weight is 332 g/mol. The number of benzene rings is 1. The van der Waals surface area contributed by atoms with Crippen molar-refractivity contribution in [1.29, 1.82) is 0 Å². The topological polar surface area (TPSA) is 31.2 Å². The molecule has 1 aromatic carbocycles. The van der Waals surface area contributed by atoms with E-state index >= 15 is 0 Å². The molecule has 0 amide bonds. The summed E-state index contributed by atoms with van der Waals surface area (Å²) in [6.45, 7) is 2.00. The Bertz CT molecular complexity index is 753. The third-order valence-corrected chi connectivity index (χ3v) is 3.33. The highest BCUT2D eigenvalue weighted by molar-refractivity contribution is 6.31. The first kappa shape index (κ1) is 16.4. The molecule has 0 aliphatic heterocycles. The van der Waals surface area contributed by atoms with Crippen LogP contribution in [0, 0.1) is 0 Å². The van der Waals surface area contributed by atoms with Crippen LogP contribution in [0.25, 0.3) is 11.1 Å². The lowest BCUT2D eigenvalue weighted by molar-refractivity contribution is -0.137. The van der Waals surface area contributed by atoms with Crippen LogP contribution in [0.4, 0.5) is 13.2 Å². The molecular formula is C15H13ClF3NO2. The molecular weight excluding hydrogens is 319 g/mol. The number of alkyl halides is 3. The molecule has 0 bridgehead atoms. The van der Waals surface area contributed by atoms with E-state index in [2.05, 4.69) is 0 Å². The van der Waals surface area contributed by atoms with Gasteiger partial charge in [-0.25, -0.2) is 0 Å². The number of nitrogens with zero attached hydrogens (tertiary/aromatic N) is 1. The summed E-state index contributed by atoms with van der Waals surface area (Å²) in [6.07, 6.45) is -1.65. The van der Waals surface area contributed by atoms with Gasteiger partial charge in [-0.2, -0.15) is 13.2 Å². The summed E-state index contributed by atoms with van der Waals surface area (Å²) >= 11 is 5.59. The Hall–Kier alpha value is -1.95. The van der Waals surface area contributed by atoms with Gasteiger partial charge in [-0.3, -0.25) is 4.79 Å². The van der Waals surface area contributed by atoms with Crippen LogP contribution in [0.5, 0.6) is 5.75 Å². The van der Waals surface area contributed by atoms with Crippen LogP contribution in [0.1, 0.15) is 12.5 Å². The van der Waals surface area contributed by atoms with Gasteiger partial charge in [0.2, 0.25) is 5.43 Å². The van der Waals surface area contributed by atoms with Crippen LogP contribution in [0.2, 0.25) is 5.02 Å². The van der Waals surface area contributed by atoms with E-state index in [0.29, 0.717) is 0 Å².